The number of aliphatic imine (C=N–C) groups is 1. The third-order valence-corrected chi connectivity index (χ3v) is 3.93. The fraction of sp³-hybridized carbons (Fsp3) is 0.667. The zero-order valence-electron chi connectivity index (χ0n) is 14.9. The molecule has 2 rings (SSSR count). The van der Waals surface area contributed by atoms with Gasteiger partial charge in [-0.3, -0.25) is 4.98 Å². The van der Waals surface area contributed by atoms with Crippen molar-refractivity contribution < 1.29 is 9.47 Å². The molecule has 2 N–H and O–H groups in total. The van der Waals surface area contributed by atoms with Crippen molar-refractivity contribution in [3.05, 3.63) is 29.6 Å². The van der Waals surface area contributed by atoms with E-state index in [1.807, 2.05) is 12.3 Å². The molecule has 0 bridgehead atoms. The Bertz CT molecular complexity index is 502. The lowest BCUT2D eigenvalue weighted by Crippen LogP contribution is -2.38. The van der Waals surface area contributed by atoms with Crippen molar-refractivity contribution in [2.75, 3.05) is 32.9 Å². The SMILES string of the molecule is CCNC(=NCc1ncccc1C)NCCCOCC1CCCO1. The lowest BCUT2D eigenvalue weighted by molar-refractivity contribution is 0.0168. The van der Waals surface area contributed by atoms with Gasteiger partial charge in [-0.05, 0) is 44.7 Å². The number of hydrogen-bond donors (Lipinski definition) is 2. The molecule has 1 atom stereocenters. The third-order valence-electron chi connectivity index (χ3n) is 3.93. The number of nitrogens with one attached hydrogen (secondary N) is 2. The second-order valence-electron chi connectivity index (χ2n) is 5.95. The first-order chi connectivity index (χ1) is 11.8. The smallest absolute Gasteiger partial charge is 0.191 e. The molecule has 0 spiro atoms. The van der Waals surface area contributed by atoms with Crippen molar-refractivity contribution in [2.24, 2.45) is 4.99 Å². The quantitative estimate of drug-likeness (QED) is 0.411. The monoisotopic (exact) mass is 334 g/mol. The lowest BCUT2D eigenvalue weighted by Gasteiger charge is -2.13. The topological polar surface area (TPSA) is 67.8 Å². The number of aryl methyl sites for hydroxylation is 1. The summed E-state index contributed by atoms with van der Waals surface area (Å²) in [5.74, 6) is 0.821. The largest absolute Gasteiger partial charge is 0.379 e. The Morgan fingerprint density at radius 2 is 2.38 bits per heavy atom. The van der Waals surface area contributed by atoms with Gasteiger partial charge in [0, 0.05) is 32.5 Å². The molecule has 2 heterocycles. The molecule has 1 saturated heterocycles. The molecular formula is C18H30N4O2. The predicted octanol–water partition coefficient (Wildman–Crippen LogP) is 2.03. The van der Waals surface area contributed by atoms with Crippen LogP contribution in [0, 0.1) is 6.92 Å². The average Bonchev–Trinajstić information content (AvgIpc) is 3.10. The Kier molecular flexibility index (Phi) is 8.55. The molecule has 0 aromatic carbocycles. The van der Waals surface area contributed by atoms with Crippen molar-refractivity contribution in [1.29, 1.82) is 0 Å². The van der Waals surface area contributed by atoms with Crippen molar-refractivity contribution >= 4 is 5.96 Å². The first-order valence-corrected chi connectivity index (χ1v) is 8.91. The summed E-state index contributed by atoms with van der Waals surface area (Å²) in [6.07, 6.45) is 5.35. The van der Waals surface area contributed by atoms with E-state index in [9.17, 15) is 0 Å². The minimum Gasteiger partial charge on any atom is -0.379 e. The Hall–Kier alpha value is -1.66. The van der Waals surface area contributed by atoms with E-state index in [0.717, 1.165) is 57.2 Å². The van der Waals surface area contributed by atoms with E-state index >= 15 is 0 Å². The molecule has 6 nitrogen and oxygen atoms in total. The molecule has 1 aromatic heterocycles. The average molecular weight is 334 g/mol. The van der Waals surface area contributed by atoms with Gasteiger partial charge in [0.15, 0.2) is 5.96 Å². The van der Waals surface area contributed by atoms with E-state index in [-0.39, 0.29) is 0 Å². The van der Waals surface area contributed by atoms with Gasteiger partial charge in [0.2, 0.25) is 0 Å². The molecular weight excluding hydrogens is 304 g/mol. The maximum atomic E-state index is 5.67. The Balaban J connectivity index is 1.64. The van der Waals surface area contributed by atoms with E-state index in [4.69, 9.17) is 9.47 Å². The van der Waals surface area contributed by atoms with Crippen molar-refractivity contribution in [1.82, 2.24) is 15.6 Å². The van der Waals surface area contributed by atoms with Gasteiger partial charge < -0.3 is 20.1 Å². The normalized spacial score (nSPS) is 17.9. The number of nitrogens with zero attached hydrogens (tertiary/aromatic N) is 2. The summed E-state index contributed by atoms with van der Waals surface area (Å²) in [6.45, 7) is 8.71. The summed E-state index contributed by atoms with van der Waals surface area (Å²) in [6, 6.07) is 4.01. The molecule has 1 aliphatic heterocycles. The molecule has 0 amide bonds. The van der Waals surface area contributed by atoms with E-state index in [0.29, 0.717) is 19.3 Å². The van der Waals surface area contributed by atoms with Crippen LogP contribution in [-0.2, 0) is 16.0 Å². The second kappa shape index (κ2) is 11.0. The zero-order valence-corrected chi connectivity index (χ0v) is 14.9. The summed E-state index contributed by atoms with van der Waals surface area (Å²) < 4.78 is 11.2. The van der Waals surface area contributed by atoms with E-state index in [2.05, 4.69) is 40.5 Å². The van der Waals surface area contributed by atoms with Gasteiger partial charge in [0.05, 0.1) is 24.9 Å². The molecule has 1 unspecified atom stereocenters. The number of guanidine groups is 1. The van der Waals surface area contributed by atoms with E-state index < -0.39 is 0 Å². The summed E-state index contributed by atoms with van der Waals surface area (Å²) in [5.41, 5.74) is 2.18. The van der Waals surface area contributed by atoms with Crippen LogP contribution in [-0.4, -0.2) is 50.0 Å². The highest BCUT2D eigenvalue weighted by Crippen LogP contribution is 2.11. The molecule has 134 valence electrons. The fourth-order valence-corrected chi connectivity index (χ4v) is 2.55. The maximum Gasteiger partial charge on any atom is 0.191 e. The van der Waals surface area contributed by atoms with Crippen LogP contribution in [0.25, 0.3) is 0 Å². The number of aromatic nitrogens is 1. The Labute approximate surface area is 145 Å². The van der Waals surface area contributed by atoms with Gasteiger partial charge in [-0.1, -0.05) is 6.07 Å². The fourth-order valence-electron chi connectivity index (χ4n) is 2.55. The van der Waals surface area contributed by atoms with Gasteiger partial charge in [0.1, 0.15) is 0 Å². The highest BCUT2D eigenvalue weighted by atomic mass is 16.5. The number of pyridine rings is 1. The predicted molar refractivity (Wildman–Crippen MR) is 96.2 cm³/mol. The first kappa shape index (κ1) is 18.7. The van der Waals surface area contributed by atoms with Crippen LogP contribution in [0.1, 0.15) is 37.4 Å². The van der Waals surface area contributed by atoms with Crippen LogP contribution in [0.15, 0.2) is 23.3 Å². The Morgan fingerprint density at radius 1 is 1.46 bits per heavy atom. The molecule has 1 aromatic rings. The van der Waals surface area contributed by atoms with Crippen LogP contribution in [0.2, 0.25) is 0 Å². The van der Waals surface area contributed by atoms with Crippen LogP contribution >= 0.6 is 0 Å². The van der Waals surface area contributed by atoms with Gasteiger partial charge >= 0.3 is 0 Å². The molecule has 0 aliphatic carbocycles. The van der Waals surface area contributed by atoms with Crippen molar-refractivity contribution in [3.63, 3.8) is 0 Å². The molecule has 0 saturated carbocycles. The lowest BCUT2D eigenvalue weighted by atomic mass is 10.2. The van der Waals surface area contributed by atoms with Crippen LogP contribution in [0.3, 0.4) is 0 Å². The minimum absolute atomic E-state index is 0.304. The first-order valence-electron chi connectivity index (χ1n) is 8.91. The standard InChI is InChI=1S/C18H30N4O2/c1-3-19-18(22-13-17-15(2)7-4-9-20-17)21-10-6-11-23-14-16-8-5-12-24-16/h4,7,9,16H,3,5-6,8,10-14H2,1-2H3,(H2,19,21,22). The molecule has 1 aliphatic rings. The highest BCUT2D eigenvalue weighted by molar-refractivity contribution is 5.79. The van der Waals surface area contributed by atoms with Gasteiger partial charge in [-0.15, -0.1) is 0 Å². The summed E-state index contributed by atoms with van der Waals surface area (Å²) in [4.78, 5) is 8.97. The van der Waals surface area contributed by atoms with Crippen LogP contribution < -0.4 is 10.6 Å². The highest BCUT2D eigenvalue weighted by Gasteiger charge is 2.14. The Morgan fingerprint density at radius 3 is 3.12 bits per heavy atom. The number of hydrogen-bond acceptors (Lipinski definition) is 4. The van der Waals surface area contributed by atoms with Gasteiger partial charge in [-0.2, -0.15) is 0 Å². The van der Waals surface area contributed by atoms with Crippen molar-refractivity contribution in [2.45, 2.75) is 45.8 Å². The molecule has 0 radical (unpaired) electrons. The summed E-state index contributed by atoms with van der Waals surface area (Å²) in [7, 11) is 0. The molecule has 24 heavy (non-hydrogen) atoms. The minimum atomic E-state index is 0.304. The second-order valence-corrected chi connectivity index (χ2v) is 5.95. The van der Waals surface area contributed by atoms with Gasteiger partial charge in [-0.25, -0.2) is 4.99 Å². The van der Waals surface area contributed by atoms with Crippen molar-refractivity contribution in [3.8, 4) is 0 Å². The number of ether oxygens (including phenoxy) is 2. The van der Waals surface area contributed by atoms with Crippen LogP contribution in [0.4, 0.5) is 0 Å². The molecule has 6 heteroatoms. The zero-order chi connectivity index (χ0) is 17.0. The summed E-state index contributed by atoms with van der Waals surface area (Å²) >= 11 is 0. The van der Waals surface area contributed by atoms with Gasteiger partial charge in [0.25, 0.3) is 0 Å². The maximum absolute atomic E-state index is 5.67. The summed E-state index contributed by atoms with van der Waals surface area (Å²) in [5, 5.41) is 6.60. The van der Waals surface area contributed by atoms with Crippen LogP contribution in [0.5, 0.6) is 0 Å². The van der Waals surface area contributed by atoms with E-state index in [1.54, 1.807) is 0 Å². The third kappa shape index (κ3) is 6.84. The van der Waals surface area contributed by atoms with E-state index in [1.165, 1.54) is 5.56 Å². The molecule has 1 fully saturated rings. The number of rotatable bonds is 9.